The second kappa shape index (κ2) is 7.69. The highest BCUT2D eigenvalue weighted by Crippen LogP contribution is 2.53. The fourth-order valence-corrected chi connectivity index (χ4v) is 4.20. The van der Waals surface area contributed by atoms with Gasteiger partial charge in [0.25, 0.3) is 0 Å². The fraction of sp³-hybridized carbons (Fsp3) is 0.304. The molecular formula is C23H21ClO6. The van der Waals surface area contributed by atoms with Crippen molar-refractivity contribution in [1.29, 1.82) is 0 Å². The van der Waals surface area contributed by atoms with Gasteiger partial charge in [0.1, 0.15) is 34.5 Å². The van der Waals surface area contributed by atoms with Crippen molar-refractivity contribution in [3.63, 3.8) is 0 Å². The first-order valence-electron chi connectivity index (χ1n) is 9.52. The highest BCUT2D eigenvalue weighted by atomic mass is 35.5. The van der Waals surface area contributed by atoms with Crippen LogP contribution in [0.3, 0.4) is 0 Å². The number of ketones is 2. The van der Waals surface area contributed by atoms with Crippen LogP contribution < -0.4 is 14.2 Å². The number of hydrogen-bond acceptors (Lipinski definition) is 6. The van der Waals surface area contributed by atoms with Crippen LogP contribution in [0.2, 0.25) is 5.02 Å². The maximum atomic E-state index is 13.4. The average molecular weight is 429 g/mol. The molecule has 1 aliphatic heterocycles. The quantitative estimate of drug-likeness (QED) is 0.658. The summed E-state index contributed by atoms with van der Waals surface area (Å²) in [6, 6.07) is 11.2. The van der Waals surface area contributed by atoms with E-state index in [0.29, 0.717) is 24.5 Å². The molecule has 0 bridgehead atoms. The molecule has 7 heteroatoms. The maximum absolute atomic E-state index is 13.4. The molecule has 30 heavy (non-hydrogen) atoms. The molecule has 0 amide bonds. The van der Waals surface area contributed by atoms with E-state index in [1.54, 1.807) is 6.92 Å². The molecule has 0 saturated carbocycles. The van der Waals surface area contributed by atoms with E-state index in [0.717, 1.165) is 5.56 Å². The van der Waals surface area contributed by atoms with E-state index in [4.69, 9.17) is 30.5 Å². The number of methoxy groups -OCH3 is 2. The van der Waals surface area contributed by atoms with Gasteiger partial charge in [-0.1, -0.05) is 48.9 Å². The summed E-state index contributed by atoms with van der Waals surface area (Å²) in [5.74, 6) is -0.214. The highest BCUT2D eigenvalue weighted by molar-refractivity contribution is 6.36. The van der Waals surface area contributed by atoms with Crippen molar-refractivity contribution in [2.24, 2.45) is 5.92 Å². The van der Waals surface area contributed by atoms with Crippen LogP contribution in [0.4, 0.5) is 0 Å². The van der Waals surface area contributed by atoms with Crippen LogP contribution in [-0.4, -0.2) is 31.4 Å². The third-order valence-corrected chi connectivity index (χ3v) is 5.90. The second-order valence-corrected chi connectivity index (χ2v) is 7.70. The summed E-state index contributed by atoms with van der Waals surface area (Å²) in [5, 5.41) is 0.133. The standard InChI is InChI=1S/C23H21ClO6/c1-13-9-15(29-12-14-7-5-4-6-8-14)10-18(25)23(13)22(26)19-16(27-2)11-17(28-3)20(24)21(19)30-23/h4-8,10-11,13H,9,12H2,1-3H3/t13-,23+/m1/s1. The summed E-state index contributed by atoms with van der Waals surface area (Å²) in [5.41, 5.74) is -0.542. The Kier molecular flexibility index (Phi) is 5.20. The van der Waals surface area contributed by atoms with E-state index in [2.05, 4.69) is 0 Å². The Hall–Kier alpha value is -2.99. The Morgan fingerprint density at radius 3 is 2.47 bits per heavy atom. The smallest absolute Gasteiger partial charge is 0.236 e. The number of ether oxygens (including phenoxy) is 4. The number of fused-ring (bicyclic) bond motifs is 1. The summed E-state index contributed by atoms with van der Waals surface area (Å²) >= 11 is 6.38. The number of allylic oxidation sites excluding steroid dienone is 1. The molecule has 0 N–H and O–H groups in total. The van der Waals surface area contributed by atoms with Crippen LogP contribution in [-0.2, 0) is 16.1 Å². The number of hydrogen-bond donors (Lipinski definition) is 0. The normalized spacial score (nSPS) is 22.4. The molecule has 2 aromatic carbocycles. The third kappa shape index (κ3) is 3.03. The molecule has 156 valence electrons. The van der Waals surface area contributed by atoms with E-state index >= 15 is 0 Å². The lowest BCUT2D eigenvalue weighted by Crippen LogP contribution is -2.54. The van der Waals surface area contributed by atoms with Gasteiger partial charge >= 0.3 is 0 Å². The first-order chi connectivity index (χ1) is 14.4. The lowest BCUT2D eigenvalue weighted by Gasteiger charge is -2.34. The summed E-state index contributed by atoms with van der Waals surface area (Å²) in [6.07, 6.45) is 1.72. The first kappa shape index (κ1) is 20.3. The first-order valence-corrected chi connectivity index (χ1v) is 9.90. The van der Waals surface area contributed by atoms with E-state index in [-0.39, 0.29) is 22.1 Å². The molecule has 0 radical (unpaired) electrons. The Morgan fingerprint density at radius 1 is 1.13 bits per heavy atom. The molecule has 2 aliphatic rings. The molecular weight excluding hydrogens is 408 g/mol. The predicted molar refractivity (Wildman–Crippen MR) is 110 cm³/mol. The molecule has 4 rings (SSSR count). The second-order valence-electron chi connectivity index (χ2n) is 7.32. The maximum Gasteiger partial charge on any atom is 0.236 e. The number of Topliss-reactive ketones (excluding diaryl/α,β-unsaturated/α-hetero) is 1. The molecule has 1 aliphatic carbocycles. The summed E-state index contributed by atoms with van der Waals surface area (Å²) in [7, 11) is 2.88. The van der Waals surface area contributed by atoms with Gasteiger partial charge in [-0.25, -0.2) is 0 Å². The van der Waals surface area contributed by atoms with Gasteiger partial charge in [-0.2, -0.15) is 0 Å². The Bertz CT molecular complexity index is 1050. The number of rotatable bonds is 5. The van der Waals surface area contributed by atoms with Crippen LogP contribution in [0.15, 0.2) is 48.2 Å². The summed E-state index contributed by atoms with van der Waals surface area (Å²) < 4.78 is 22.4. The van der Waals surface area contributed by atoms with Crippen molar-refractivity contribution >= 4 is 23.2 Å². The van der Waals surface area contributed by atoms with E-state index < -0.39 is 23.1 Å². The van der Waals surface area contributed by atoms with Gasteiger partial charge in [-0.3, -0.25) is 9.59 Å². The van der Waals surface area contributed by atoms with Crippen molar-refractivity contribution in [3.8, 4) is 17.2 Å². The molecule has 0 unspecified atom stereocenters. The molecule has 6 nitrogen and oxygen atoms in total. The number of halogens is 1. The number of carbonyl (C=O) groups excluding carboxylic acids is 2. The predicted octanol–water partition coefficient (Wildman–Crippen LogP) is 4.38. The number of benzene rings is 2. The van der Waals surface area contributed by atoms with Crippen LogP contribution in [0.1, 0.15) is 29.3 Å². The molecule has 1 spiro atoms. The zero-order valence-corrected chi connectivity index (χ0v) is 17.6. The lowest BCUT2D eigenvalue weighted by atomic mass is 9.74. The Morgan fingerprint density at radius 2 is 1.83 bits per heavy atom. The minimum absolute atomic E-state index is 0.111. The topological polar surface area (TPSA) is 71.1 Å². The lowest BCUT2D eigenvalue weighted by molar-refractivity contribution is -0.130. The molecule has 2 atom stereocenters. The van der Waals surface area contributed by atoms with Crippen LogP contribution in [0.5, 0.6) is 17.2 Å². The van der Waals surface area contributed by atoms with Crippen molar-refractivity contribution < 1.29 is 28.5 Å². The van der Waals surface area contributed by atoms with Gasteiger partial charge in [0.15, 0.2) is 5.75 Å². The van der Waals surface area contributed by atoms with E-state index in [1.807, 2.05) is 30.3 Å². The zero-order valence-electron chi connectivity index (χ0n) is 16.9. The van der Waals surface area contributed by atoms with Gasteiger partial charge in [0.2, 0.25) is 17.2 Å². The Labute approximate surface area is 179 Å². The van der Waals surface area contributed by atoms with E-state index in [1.165, 1.54) is 26.4 Å². The SMILES string of the molecule is COc1cc(OC)c2c(c1Cl)O[C@@]1(C(=O)C=C(OCc3ccccc3)C[C@H]1C)C2=O. The third-order valence-electron chi connectivity index (χ3n) is 5.55. The van der Waals surface area contributed by atoms with Crippen LogP contribution in [0, 0.1) is 5.92 Å². The van der Waals surface area contributed by atoms with Crippen molar-refractivity contribution in [2.45, 2.75) is 25.6 Å². The summed E-state index contributed by atoms with van der Waals surface area (Å²) in [6.45, 7) is 2.13. The van der Waals surface area contributed by atoms with Crippen LogP contribution in [0.25, 0.3) is 0 Å². The minimum Gasteiger partial charge on any atom is -0.496 e. The molecule has 0 saturated heterocycles. The van der Waals surface area contributed by atoms with Crippen molar-refractivity contribution in [1.82, 2.24) is 0 Å². The van der Waals surface area contributed by atoms with Gasteiger partial charge in [-0.05, 0) is 5.56 Å². The average Bonchev–Trinajstić information content (AvgIpc) is 3.07. The van der Waals surface area contributed by atoms with Gasteiger partial charge in [0.05, 0.1) is 14.2 Å². The fourth-order valence-electron chi connectivity index (χ4n) is 3.94. The van der Waals surface area contributed by atoms with Crippen molar-refractivity contribution in [3.05, 3.63) is 64.4 Å². The molecule has 1 heterocycles. The van der Waals surface area contributed by atoms with Gasteiger partial charge < -0.3 is 18.9 Å². The molecule has 2 aromatic rings. The molecule has 0 fully saturated rings. The van der Waals surface area contributed by atoms with Crippen molar-refractivity contribution in [2.75, 3.05) is 14.2 Å². The number of carbonyl (C=O) groups is 2. The van der Waals surface area contributed by atoms with E-state index in [9.17, 15) is 9.59 Å². The van der Waals surface area contributed by atoms with Crippen LogP contribution >= 0.6 is 11.6 Å². The largest absolute Gasteiger partial charge is 0.496 e. The Balaban J connectivity index is 1.66. The molecule has 0 aromatic heterocycles. The zero-order chi connectivity index (χ0) is 21.5. The summed E-state index contributed by atoms with van der Waals surface area (Å²) in [4.78, 5) is 26.6. The van der Waals surface area contributed by atoms with Gasteiger partial charge in [0, 0.05) is 24.5 Å². The van der Waals surface area contributed by atoms with Gasteiger partial charge in [-0.15, -0.1) is 0 Å². The highest BCUT2D eigenvalue weighted by Gasteiger charge is 2.60. The monoisotopic (exact) mass is 428 g/mol. The minimum atomic E-state index is -1.69.